The van der Waals surface area contributed by atoms with Gasteiger partial charge >= 0.3 is 5.97 Å². The zero-order valence-corrected chi connectivity index (χ0v) is 13.0. The van der Waals surface area contributed by atoms with Crippen LogP contribution >= 0.6 is 11.3 Å². The summed E-state index contributed by atoms with van der Waals surface area (Å²) < 4.78 is 5.04. The second kappa shape index (κ2) is 5.90. The first-order valence-electron chi connectivity index (χ1n) is 7.37. The second-order valence-corrected chi connectivity index (χ2v) is 6.36. The summed E-state index contributed by atoms with van der Waals surface area (Å²) in [5.74, 6) is -0.329. The summed E-state index contributed by atoms with van der Waals surface area (Å²) in [6.07, 6.45) is 4.87. The summed E-state index contributed by atoms with van der Waals surface area (Å²) in [5, 5.41) is 0. The van der Waals surface area contributed by atoms with E-state index in [2.05, 4.69) is 18.2 Å². The Morgan fingerprint density at radius 1 is 1.24 bits per heavy atom. The van der Waals surface area contributed by atoms with Gasteiger partial charge in [0, 0.05) is 4.88 Å². The molecule has 1 aromatic heterocycles. The Balaban J connectivity index is 1.94. The third-order valence-corrected chi connectivity index (χ3v) is 5.03. The molecule has 0 radical (unpaired) electrons. The quantitative estimate of drug-likeness (QED) is 0.870. The molecule has 0 bridgehead atoms. The lowest BCUT2D eigenvalue weighted by Crippen LogP contribution is -2.04. The molecular formula is C17H19NO2S. The fourth-order valence-corrected chi connectivity index (χ4v) is 3.76. The number of anilines is 1. The van der Waals surface area contributed by atoms with Crippen molar-refractivity contribution in [3.8, 4) is 10.4 Å². The summed E-state index contributed by atoms with van der Waals surface area (Å²) in [7, 11) is 0. The van der Waals surface area contributed by atoms with Crippen LogP contribution in [0.5, 0.6) is 0 Å². The van der Waals surface area contributed by atoms with E-state index in [4.69, 9.17) is 10.5 Å². The van der Waals surface area contributed by atoms with E-state index in [1.165, 1.54) is 41.7 Å². The maximum Gasteiger partial charge on any atom is 0.350 e. The molecular weight excluding hydrogens is 282 g/mol. The van der Waals surface area contributed by atoms with Gasteiger partial charge in [0.2, 0.25) is 0 Å². The maximum absolute atomic E-state index is 11.9. The second-order valence-electron chi connectivity index (χ2n) is 5.31. The van der Waals surface area contributed by atoms with Gasteiger partial charge in [-0.25, -0.2) is 4.79 Å². The van der Waals surface area contributed by atoms with Crippen molar-refractivity contribution in [2.75, 3.05) is 12.3 Å². The third kappa shape index (κ3) is 2.81. The minimum absolute atomic E-state index is 0.329. The molecule has 1 aliphatic carbocycles. The lowest BCUT2D eigenvalue weighted by molar-refractivity contribution is 0.0533. The molecule has 3 rings (SSSR count). The number of benzene rings is 1. The van der Waals surface area contributed by atoms with Gasteiger partial charge in [-0.05, 0) is 55.4 Å². The molecule has 4 heteroatoms. The van der Waals surface area contributed by atoms with Crippen LogP contribution in [0, 0.1) is 0 Å². The van der Waals surface area contributed by atoms with Crippen LogP contribution < -0.4 is 5.73 Å². The minimum Gasteiger partial charge on any atom is -0.462 e. The molecule has 1 aliphatic rings. The number of nitrogen functional groups attached to an aromatic ring is 1. The first-order valence-corrected chi connectivity index (χ1v) is 8.19. The minimum atomic E-state index is -0.329. The van der Waals surface area contributed by atoms with E-state index in [1.54, 1.807) is 6.92 Å². The molecule has 0 unspecified atom stereocenters. The van der Waals surface area contributed by atoms with Crippen molar-refractivity contribution in [1.29, 1.82) is 0 Å². The van der Waals surface area contributed by atoms with Crippen molar-refractivity contribution in [3.63, 3.8) is 0 Å². The van der Waals surface area contributed by atoms with Crippen LogP contribution in [-0.4, -0.2) is 12.6 Å². The van der Waals surface area contributed by atoms with Gasteiger partial charge in [0.05, 0.1) is 12.3 Å². The van der Waals surface area contributed by atoms with Crippen LogP contribution in [0.3, 0.4) is 0 Å². The standard InChI is InChI=1S/C17H19NO2S/c1-2-20-17(19)16-14(18)10-15(21-16)13-8-7-11-5-3-4-6-12(11)9-13/h7-10H,2-6,18H2,1H3. The zero-order valence-electron chi connectivity index (χ0n) is 12.1. The fraction of sp³-hybridized carbons (Fsp3) is 0.353. The number of nitrogens with two attached hydrogens (primary N) is 1. The highest BCUT2D eigenvalue weighted by Crippen LogP contribution is 2.35. The van der Waals surface area contributed by atoms with Gasteiger partial charge in [0.25, 0.3) is 0 Å². The van der Waals surface area contributed by atoms with Crippen molar-refractivity contribution in [2.45, 2.75) is 32.6 Å². The first-order chi connectivity index (χ1) is 10.2. The maximum atomic E-state index is 11.9. The van der Waals surface area contributed by atoms with Crippen LogP contribution in [-0.2, 0) is 17.6 Å². The van der Waals surface area contributed by atoms with Crippen molar-refractivity contribution < 1.29 is 9.53 Å². The van der Waals surface area contributed by atoms with Crippen molar-refractivity contribution in [3.05, 3.63) is 40.3 Å². The Kier molecular flexibility index (Phi) is 3.97. The molecule has 0 fully saturated rings. The molecule has 0 saturated carbocycles. The SMILES string of the molecule is CCOC(=O)c1sc(-c2ccc3c(c2)CCCC3)cc1N. The molecule has 2 aromatic rings. The molecule has 2 N–H and O–H groups in total. The summed E-state index contributed by atoms with van der Waals surface area (Å²) in [6.45, 7) is 2.16. The molecule has 1 heterocycles. The van der Waals surface area contributed by atoms with Crippen molar-refractivity contribution >= 4 is 23.0 Å². The third-order valence-electron chi connectivity index (χ3n) is 3.85. The first kappa shape index (κ1) is 14.1. The van der Waals surface area contributed by atoms with Gasteiger partial charge in [-0.15, -0.1) is 11.3 Å². The molecule has 0 aliphatic heterocycles. The van der Waals surface area contributed by atoms with Gasteiger partial charge < -0.3 is 10.5 Å². The lowest BCUT2D eigenvalue weighted by atomic mass is 9.90. The fourth-order valence-electron chi connectivity index (χ4n) is 2.79. The number of esters is 1. The van der Waals surface area contributed by atoms with Crippen LogP contribution in [0.4, 0.5) is 5.69 Å². The highest BCUT2D eigenvalue weighted by molar-refractivity contribution is 7.18. The molecule has 0 amide bonds. The van der Waals surface area contributed by atoms with Crippen molar-refractivity contribution in [2.24, 2.45) is 0 Å². The predicted octanol–water partition coefficient (Wildman–Crippen LogP) is 4.05. The average Bonchev–Trinajstić information content (AvgIpc) is 2.89. The van der Waals surface area contributed by atoms with Crippen LogP contribution in [0.1, 0.15) is 40.6 Å². The van der Waals surface area contributed by atoms with E-state index in [1.807, 2.05) is 6.07 Å². The average molecular weight is 301 g/mol. The Morgan fingerprint density at radius 3 is 2.76 bits per heavy atom. The van der Waals surface area contributed by atoms with Gasteiger partial charge in [0.1, 0.15) is 4.88 Å². The molecule has 1 aromatic carbocycles. The summed E-state index contributed by atoms with van der Waals surface area (Å²) in [4.78, 5) is 13.4. The van der Waals surface area contributed by atoms with E-state index < -0.39 is 0 Å². The van der Waals surface area contributed by atoms with E-state index in [0.717, 1.165) is 16.9 Å². The highest BCUT2D eigenvalue weighted by Gasteiger charge is 2.17. The van der Waals surface area contributed by atoms with Gasteiger partial charge in [0.15, 0.2) is 0 Å². The molecule has 0 spiro atoms. The largest absolute Gasteiger partial charge is 0.462 e. The molecule has 110 valence electrons. The molecule has 0 atom stereocenters. The summed E-state index contributed by atoms with van der Waals surface area (Å²) in [6, 6.07) is 8.46. The number of thiophene rings is 1. The topological polar surface area (TPSA) is 52.3 Å². The lowest BCUT2D eigenvalue weighted by Gasteiger charge is -2.16. The van der Waals surface area contributed by atoms with E-state index in [-0.39, 0.29) is 5.97 Å². The number of rotatable bonds is 3. The van der Waals surface area contributed by atoms with Crippen LogP contribution in [0.2, 0.25) is 0 Å². The molecule has 3 nitrogen and oxygen atoms in total. The number of hydrogen-bond donors (Lipinski definition) is 1. The number of fused-ring (bicyclic) bond motifs is 1. The molecule has 21 heavy (non-hydrogen) atoms. The Labute approximate surface area is 128 Å². The molecule has 0 saturated heterocycles. The monoisotopic (exact) mass is 301 g/mol. The Hall–Kier alpha value is -1.81. The normalized spacial score (nSPS) is 13.8. The number of carbonyl (C=O) groups excluding carboxylic acids is 1. The zero-order chi connectivity index (χ0) is 14.8. The van der Waals surface area contributed by atoms with E-state index in [9.17, 15) is 4.79 Å². The summed E-state index contributed by atoms with van der Waals surface area (Å²) in [5.41, 5.74) is 10.5. The summed E-state index contributed by atoms with van der Waals surface area (Å²) >= 11 is 1.41. The van der Waals surface area contributed by atoms with Crippen LogP contribution in [0.15, 0.2) is 24.3 Å². The number of carbonyl (C=O) groups is 1. The van der Waals surface area contributed by atoms with Gasteiger partial charge in [-0.2, -0.15) is 0 Å². The number of hydrogen-bond acceptors (Lipinski definition) is 4. The van der Waals surface area contributed by atoms with Crippen LogP contribution in [0.25, 0.3) is 10.4 Å². The van der Waals surface area contributed by atoms with E-state index in [0.29, 0.717) is 17.2 Å². The number of ether oxygens (including phenoxy) is 1. The number of aryl methyl sites for hydroxylation is 2. The van der Waals surface area contributed by atoms with Gasteiger partial charge in [-0.1, -0.05) is 18.2 Å². The highest BCUT2D eigenvalue weighted by atomic mass is 32.1. The predicted molar refractivity (Wildman–Crippen MR) is 86.8 cm³/mol. The van der Waals surface area contributed by atoms with E-state index >= 15 is 0 Å². The van der Waals surface area contributed by atoms with Crippen molar-refractivity contribution in [1.82, 2.24) is 0 Å². The Morgan fingerprint density at radius 2 is 2.00 bits per heavy atom. The Bertz CT molecular complexity index is 675. The van der Waals surface area contributed by atoms with Gasteiger partial charge in [-0.3, -0.25) is 0 Å². The smallest absolute Gasteiger partial charge is 0.350 e.